The predicted octanol–water partition coefficient (Wildman–Crippen LogP) is 6.14. The van der Waals surface area contributed by atoms with E-state index >= 15 is 0 Å². The van der Waals surface area contributed by atoms with Gasteiger partial charge < -0.3 is 4.74 Å². The lowest BCUT2D eigenvalue weighted by molar-refractivity contribution is 0.270. The van der Waals surface area contributed by atoms with Crippen LogP contribution in [0.5, 0.6) is 0 Å². The molecule has 1 saturated carbocycles. The number of aliphatic imine (C=N–C) groups is 1. The topological polar surface area (TPSA) is 21.6 Å². The van der Waals surface area contributed by atoms with Crippen LogP contribution in [0.2, 0.25) is 0 Å². The van der Waals surface area contributed by atoms with Crippen LogP contribution in [0.4, 0.5) is 0 Å². The van der Waals surface area contributed by atoms with Gasteiger partial charge in [-0.15, -0.1) is 0 Å². The Morgan fingerprint density at radius 2 is 1.68 bits per heavy atom. The van der Waals surface area contributed by atoms with Gasteiger partial charge in [-0.25, -0.2) is 4.99 Å². The van der Waals surface area contributed by atoms with Crippen LogP contribution in [0.1, 0.15) is 97.8 Å². The van der Waals surface area contributed by atoms with Gasteiger partial charge in [0, 0.05) is 6.42 Å². The average Bonchev–Trinajstić information content (AvgIpc) is 3.05. The van der Waals surface area contributed by atoms with Crippen LogP contribution in [0.25, 0.3) is 0 Å². The van der Waals surface area contributed by atoms with E-state index in [1.165, 1.54) is 70.6 Å². The molecule has 1 aliphatic heterocycles. The third-order valence-corrected chi connectivity index (χ3v) is 5.48. The van der Waals surface area contributed by atoms with E-state index in [4.69, 9.17) is 4.74 Å². The number of ether oxygens (including phenoxy) is 1. The molecule has 1 aliphatic carbocycles. The van der Waals surface area contributed by atoms with Gasteiger partial charge in [0.05, 0.1) is 5.54 Å². The van der Waals surface area contributed by atoms with Gasteiger partial charge in [-0.3, -0.25) is 0 Å². The smallest absolute Gasteiger partial charge is 0.183 e. The summed E-state index contributed by atoms with van der Waals surface area (Å²) in [5, 5.41) is 0. The first-order valence-electron chi connectivity index (χ1n) is 9.82. The summed E-state index contributed by atoms with van der Waals surface area (Å²) in [4.78, 5) is 4.68. The van der Waals surface area contributed by atoms with Crippen LogP contribution in [0, 0.1) is 11.8 Å². The van der Waals surface area contributed by atoms with Gasteiger partial charge in [-0.05, 0) is 38.5 Å². The first-order chi connectivity index (χ1) is 10.6. The zero-order valence-corrected chi connectivity index (χ0v) is 15.2. The van der Waals surface area contributed by atoms with Crippen LogP contribution in [0.15, 0.2) is 4.99 Å². The van der Waals surface area contributed by atoms with Gasteiger partial charge in [0.2, 0.25) is 0 Å². The van der Waals surface area contributed by atoms with Crippen LogP contribution >= 0.6 is 0 Å². The van der Waals surface area contributed by atoms with E-state index in [2.05, 4.69) is 25.8 Å². The van der Waals surface area contributed by atoms with Crippen LogP contribution < -0.4 is 0 Å². The molecule has 22 heavy (non-hydrogen) atoms. The SMILES string of the molecule is CCCCCCCC1CCCC1CCCC1=NC(C)(C)CO1. The summed E-state index contributed by atoms with van der Waals surface area (Å²) in [7, 11) is 0. The molecule has 0 radical (unpaired) electrons. The molecule has 0 amide bonds. The van der Waals surface area contributed by atoms with Crippen LogP contribution in [0.3, 0.4) is 0 Å². The molecule has 0 aromatic rings. The molecular formula is C20H37NO. The van der Waals surface area contributed by atoms with Crippen molar-refractivity contribution in [1.29, 1.82) is 0 Å². The Morgan fingerprint density at radius 1 is 1.00 bits per heavy atom. The van der Waals surface area contributed by atoms with Gasteiger partial charge in [-0.1, -0.05) is 64.7 Å². The molecule has 0 aromatic carbocycles. The number of hydrogen-bond donors (Lipinski definition) is 0. The zero-order chi connectivity index (χ0) is 15.8. The maximum Gasteiger partial charge on any atom is 0.183 e. The summed E-state index contributed by atoms with van der Waals surface area (Å²) < 4.78 is 5.71. The molecule has 1 heterocycles. The van der Waals surface area contributed by atoms with Gasteiger partial charge in [0.1, 0.15) is 6.61 Å². The molecule has 2 unspecified atom stereocenters. The maximum absolute atomic E-state index is 5.71. The summed E-state index contributed by atoms with van der Waals surface area (Å²) in [6.07, 6.45) is 16.8. The van der Waals surface area contributed by atoms with Crippen molar-refractivity contribution in [3.8, 4) is 0 Å². The highest BCUT2D eigenvalue weighted by molar-refractivity contribution is 5.78. The Labute approximate surface area is 138 Å². The first kappa shape index (κ1) is 17.8. The van der Waals surface area contributed by atoms with E-state index in [0.29, 0.717) is 0 Å². The zero-order valence-electron chi connectivity index (χ0n) is 15.2. The second kappa shape index (κ2) is 8.93. The van der Waals surface area contributed by atoms with Gasteiger partial charge in [0.25, 0.3) is 0 Å². The molecule has 0 spiro atoms. The largest absolute Gasteiger partial charge is 0.478 e. The summed E-state index contributed by atoms with van der Waals surface area (Å²) in [5.41, 5.74) is 0.0176. The Bertz CT molecular complexity index is 348. The Morgan fingerprint density at radius 3 is 2.32 bits per heavy atom. The van der Waals surface area contributed by atoms with Crippen molar-refractivity contribution in [2.45, 2.75) is 103 Å². The monoisotopic (exact) mass is 307 g/mol. The van der Waals surface area contributed by atoms with Crippen molar-refractivity contribution in [2.24, 2.45) is 16.8 Å². The van der Waals surface area contributed by atoms with E-state index in [1.807, 2.05) is 0 Å². The Hall–Kier alpha value is -0.530. The molecule has 0 aromatic heterocycles. The molecule has 1 fully saturated rings. The number of nitrogens with zero attached hydrogens (tertiary/aromatic N) is 1. The third-order valence-electron chi connectivity index (χ3n) is 5.48. The van der Waals surface area contributed by atoms with Gasteiger partial charge in [0.15, 0.2) is 5.90 Å². The number of hydrogen-bond acceptors (Lipinski definition) is 2. The molecule has 2 heteroatoms. The van der Waals surface area contributed by atoms with Crippen LogP contribution in [-0.2, 0) is 4.74 Å². The van der Waals surface area contributed by atoms with Crippen LogP contribution in [-0.4, -0.2) is 18.0 Å². The minimum atomic E-state index is 0.0176. The third kappa shape index (κ3) is 5.93. The number of unbranched alkanes of at least 4 members (excludes halogenated alkanes) is 4. The highest BCUT2D eigenvalue weighted by atomic mass is 16.5. The fourth-order valence-corrected chi connectivity index (χ4v) is 4.19. The molecule has 2 atom stereocenters. The van der Waals surface area contributed by atoms with Gasteiger partial charge in [-0.2, -0.15) is 0 Å². The first-order valence-corrected chi connectivity index (χ1v) is 9.82. The van der Waals surface area contributed by atoms with Crippen molar-refractivity contribution in [3.05, 3.63) is 0 Å². The lowest BCUT2D eigenvalue weighted by atomic mass is 9.87. The van der Waals surface area contributed by atoms with Crippen molar-refractivity contribution in [1.82, 2.24) is 0 Å². The van der Waals surface area contributed by atoms with Gasteiger partial charge >= 0.3 is 0 Å². The molecule has 2 nitrogen and oxygen atoms in total. The quantitative estimate of drug-likeness (QED) is 0.444. The molecule has 128 valence electrons. The number of rotatable bonds is 10. The fraction of sp³-hybridized carbons (Fsp3) is 0.950. The second-order valence-corrected chi connectivity index (χ2v) is 8.15. The van der Waals surface area contributed by atoms with E-state index in [1.54, 1.807) is 0 Å². The van der Waals surface area contributed by atoms with E-state index in [-0.39, 0.29) is 5.54 Å². The molecule has 0 saturated heterocycles. The van der Waals surface area contributed by atoms with E-state index in [9.17, 15) is 0 Å². The average molecular weight is 308 g/mol. The van der Waals surface area contributed by atoms with E-state index < -0.39 is 0 Å². The summed E-state index contributed by atoms with van der Waals surface area (Å²) >= 11 is 0. The lowest BCUT2D eigenvalue weighted by Gasteiger charge is -2.19. The maximum atomic E-state index is 5.71. The molecular weight excluding hydrogens is 270 g/mol. The minimum Gasteiger partial charge on any atom is -0.478 e. The van der Waals surface area contributed by atoms with Crippen molar-refractivity contribution >= 4 is 5.90 Å². The summed E-state index contributed by atoms with van der Waals surface area (Å²) in [6.45, 7) is 7.38. The Balaban J connectivity index is 1.60. The molecule has 0 N–H and O–H groups in total. The predicted molar refractivity (Wildman–Crippen MR) is 95.5 cm³/mol. The fourth-order valence-electron chi connectivity index (χ4n) is 4.19. The van der Waals surface area contributed by atoms with E-state index in [0.717, 1.165) is 30.8 Å². The Kier molecular flexibility index (Phi) is 7.24. The van der Waals surface area contributed by atoms with Crippen molar-refractivity contribution in [2.75, 3.05) is 6.61 Å². The highest BCUT2D eigenvalue weighted by Gasteiger charge is 2.28. The second-order valence-electron chi connectivity index (χ2n) is 8.15. The molecule has 0 bridgehead atoms. The minimum absolute atomic E-state index is 0.0176. The summed E-state index contributed by atoms with van der Waals surface area (Å²) in [5.74, 6) is 3.02. The standard InChI is InChI=1S/C20H37NO/c1-4-5-6-7-8-11-17-12-9-13-18(17)14-10-15-19-21-20(2,3)16-22-19/h17-18H,4-16H2,1-3H3. The van der Waals surface area contributed by atoms with Crippen molar-refractivity contribution < 1.29 is 4.74 Å². The molecule has 2 rings (SSSR count). The lowest BCUT2D eigenvalue weighted by Crippen LogP contribution is -2.17. The molecule has 2 aliphatic rings. The normalized spacial score (nSPS) is 27.0. The summed E-state index contributed by atoms with van der Waals surface area (Å²) in [6, 6.07) is 0. The van der Waals surface area contributed by atoms with Crippen molar-refractivity contribution in [3.63, 3.8) is 0 Å². The highest BCUT2D eigenvalue weighted by Crippen LogP contribution is 2.38.